The summed E-state index contributed by atoms with van der Waals surface area (Å²) < 4.78 is 0. The Kier molecular flexibility index (Phi) is 4.49. The predicted molar refractivity (Wildman–Crippen MR) is 62.8 cm³/mol. The zero-order valence-corrected chi connectivity index (χ0v) is 9.70. The summed E-state index contributed by atoms with van der Waals surface area (Å²) in [7, 11) is 0. The van der Waals surface area contributed by atoms with Crippen LogP contribution in [0.2, 0.25) is 0 Å². The van der Waals surface area contributed by atoms with Gasteiger partial charge in [0.2, 0.25) is 0 Å². The van der Waals surface area contributed by atoms with Crippen molar-refractivity contribution in [1.29, 1.82) is 0 Å². The third-order valence-electron chi connectivity index (χ3n) is 2.21. The normalized spacial score (nSPS) is 14.7. The van der Waals surface area contributed by atoms with Gasteiger partial charge < -0.3 is 11.1 Å². The van der Waals surface area contributed by atoms with Gasteiger partial charge >= 0.3 is 0 Å². The first-order valence-corrected chi connectivity index (χ1v) is 5.44. The number of aromatic nitrogens is 2. The summed E-state index contributed by atoms with van der Waals surface area (Å²) in [6.07, 6.45) is 3.46. The van der Waals surface area contributed by atoms with E-state index >= 15 is 0 Å². The van der Waals surface area contributed by atoms with Gasteiger partial charge in [0.05, 0.1) is 0 Å². The molecule has 0 saturated heterocycles. The minimum atomic E-state index is 0.208. The van der Waals surface area contributed by atoms with Gasteiger partial charge in [-0.2, -0.15) is 0 Å². The fourth-order valence-electron chi connectivity index (χ4n) is 1.54. The van der Waals surface area contributed by atoms with E-state index in [0.29, 0.717) is 6.04 Å². The number of nitrogens with one attached hydrogen (secondary N) is 1. The van der Waals surface area contributed by atoms with Crippen molar-refractivity contribution in [2.24, 2.45) is 5.73 Å². The lowest BCUT2D eigenvalue weighted by Gasteiger charge is -2.16. The summed E-state index contributed by atoms with van der Waals surface area (Å²) in [5, 5.41) is 3.32. The monoisotopic (exact) mass is 208 g/mol. The Morgan fingerprint density at radius 1 is 1.40 bits per heavy atom. The fourth-order valence-corrected chi connectivity index (χ4v) is 1.54. The molecule has 0 aliphatic carbocycles. The van der Waals surface area contributed by atoms with Crippen LogP contribution in [0.5, 0.6) is 0 Å². The molecule has 0 aliphatic rings. The van der Waals surface area contributed by atoms with Gasteiger partial charge in [0.1, 0.15) is 12.1 Å². The lowest BCUT2D eigenvalue weighted by molar-refractivity contribution is 0.603. The lowest BCUT2D eigenvalue weighted by Crippen LogP contribution is -2.26. The van der Waals surface area contributed by atoms with E-state index in [4.69, 9.17) is 5.73 Å². The van der Waals surface area contributed by atoms with Crippen LogP contribution < -0.4 is 11.1 Å². The average molecular weight is 208 g/mol. The second-order valence-corrected chi connectivity index (χ2v) is 4.01. The second-order valence-electron chi connectivity index (χ2n) is 4.01. The van der Waals surface area contributed by atoms with Gasteiger partial charge in [-0.25, -0.2) is 9.97 Å². The van der Waals surface area contributed by atoms with Gasteiger partial charge in [0, 0.05) is 23.8 Å². The van der Waals surface area contributed by atoms with Crippen LogP contribution in [0.1, 0.15) is 32.9 Å². The Labute approximate surface area is 91.3 Å². The van der Waals surface area contributed by atoms with Crippen LogP contribution in [0.4, 0.5) is 5.82 Å². The number of nitrogens with two attached hydrogens (primary N) is 1. The van der Waals surface area contributed by atoms with Crippen LogP contribution in [0.3, 0.4) is 0 Å². The number of nitrogens with zero attached hydrogens (tertiary/aromatic N) is 2. The lowest BCUT2D eigenvalue weighted by atomic mass is 10.1. The van der Waals surface area contributed by atoms with E-state index in [1.807, 2.05) is 13.0 Å². The molecular formula is C11H20N4. The van der Waals surface area contributed by atoms with E-state index in [1.165, 1.54) is 0 Å². The van der Waals surface area contributed by atoms with Gasteiger partial charge in [0.15, 0.2) is 0 Å². The molecule has 1 aromatic rings. The number of rotatable bonds is 5. The number of hydrogen-bond acceptors (Lipinski definition) is 4. The maximum Gasteiger partial charge on any atom is 0.129 e. The van der Waals surface area contributed by atoms with E-state index < -0.39 is 0 Å². The highest BCUT2D eigenvalue weighted by atomic mass is 15.0. The minimum absolute atomic E-state index is 0.208. The summed E-state index contributed by atoms with van der Waals surface area (Å²) in [6.45, 7) is 6.20. The average Bonchev–Trinajstić information content (AvgIpc) is 2.16. The van der Waals surface area contributed by atoms with Crippen LogP contribution >= 0.6 is 0 Å². The summed E-state index contributed by atoms with van der Waals surface area (Å²) in [5.74, 6) is 0.884. The molecule has 0 saturated carbocycles. The maximum atomic E-state index is 5.73. The highest BCUT2D eigenvalue weighted by molar-refractivity contribution is 5.35. The van der Waals surface area contributed by atoms with E-state index in [1.54, 1.807) is 6.33 Å². The highest BCUT2D eigenvalue weighted by Crippen LogP contribution is 2.08. The fraction of sp³-hybridized carbons (Fsp3) is 0.636. The van der Waals surface area contributed by atoms with Crippen LogP contribution in [0, 0.1) is 0 Å². The summed E-state index contributed by atoms with van der Waals surface area (Å²) >= 11 is 0. The zero-order chi connectivity index (χ0) is 11.3. The number of aryl methyl sites for hydroxylation is 1. The molecule has 1 rings (SSSR count). The van der Waals surface area contributed by atoms with Crippen molar-refractivity contribution < 1.29 is 0 Å². The van der Waals surface area contributed by atoms with E-state index in [2.05, 4.69) is 29.1 Å². The van der Waals surface area contributed by atoms with Crippen molar-refractivity contribution in [1.82, 2.24) is 9.97 Å². The Hall–Kier alpha value is -1.16. The van der Waals surface area contributed by atoms with Gasteiger partial charge in [-0.05, 0) is 26.7 Å². The van der Waals surface area contributed by atoms with E-state index in [9.17, 15) is 0 Å². The first kappa shape index (κ1) is 11.9. The largest absolute Gasteiger partial charge is 0.367 e. The molecule has 15 heavy (non-hydrogen) atoms. The minimum Gasteiger partial charge on any atom is -0.367 e. The predicted octanol–water partition coefficient (Wildman–Crippen LogP) is 1.58. The van der Waals surface area contributed by atoms with Crippen LogP contribution in [0.15, 0.2) is 12.4 Å². The molecule has 1 aromatic heterocycles. The summed E-state index contributed by atoms with van der Waals surface area (Å²) in [4.78, 5) is 8.32. The molecule has 0 amide bonds. The standard InChI is InChI=1S/C11H20N4/c1-4-10-6-11(14-7-13-10)15-9(3)5-8(2)12/h6-9H,4-5,12H2,1-3H3,(H,13,14,15). The second kappa shape index (κ2) is 5.66. The maximum absolute atomic E-state index is 5.73. The third kappa shape index (κ3) is 4.25. The van der Waals surface area contributed by atoms with Crippen molar-refractivity contribution in [3.05, 3.63) is 18.1 Å². The molecule has 84 valence electrons. The third-order valence-corrected chi connectivity index (χ3v) is 2.21. The number of anilines is 1. The van der Waals surface area contributed by atoms with Gasteiger partial charge in [-0.15, -0.1) is 0 Å². The van der Waals surface area contributed by atoms with Crippen molar-refractivity contribution >= 4 is 5.82 Å². The van der Waals surface area contributed by atoms with E-state index in [0.717, 1.165) is 24.4 Å². The molecule has 4 heteroatoms. The van der Waals surface area contributed by atoms with Crippen molar-refractivity contribution in [2.45, 2.75) is 45.7 Å². The molecule has 0 fully saturated rings. The topological polar surface area (TPSA) is 63.8 Å². The number of hydrogen-bond donors (Lipinski definition) is 2. The molecule has 0 aromatic carbocycles. The Morgan fingerprint density at radius 3 is 2.73 bits per heavy atom. The molecule has 4 nitrogen and oxygen atoms in total. The molecule has 3 N–H and O–H groups in total. The van der Waals surface area contributed by atoms with Gasteiger partial charge in [-0.1, -0.05) is 6.92 Å². The Bertz CT molecular complexity index is 298. The van der Waals surface area contributed by atoms with Crippen molar-refractivity contribution in [3.63, 3.8) is 0 Å². The van der Waals surface area contributed by atoms with Crippen LogP contribution in [-0.2, 0) is 6.42 Å². The van der Waals surface area contributed by atoms with Crippen LogP contribution in [-0.4, -0.2) is 22.1 Å². The molecule has 0 bridgehead atoms. The highest BCUT2D eigenvalue weighted by Gasteiger charge is 2.05. The molecule has 2 unspecified atom stereocenters. The van der Waals surface area contributed by atoms with Crippen LogP contribution in [0.25, 0.3) is 0 Å². The summed E-state index contributed by atoms with van der Waals surface area (Å²) in [6, 6.07) is 2.53. The molecule has 1 heterocycles. The SMILES string of the molecule is CCc1cc(NC(C)CC(C)N)ncn1. The Balaban J connectivity index is 2.55. The van der Waals surface area contributed by atoms with E-state index in [-0.39, 0.29) is 6.04 Å². The first-order valence-electron chi connectivity index (χ1n) is 5.44. The van der Waals surface area contributed by atoms with Crippen molar-refractivity contribution in [3.8, 4) is 0 Å². The zero-order valence-electron chi connectivity index (χ0n) is 9.70. The molecule has 0 spiro atoms. The summed E-state index contributed by atoms with van der Waals surface area (Å²) in [5.41, 5.74) is 6.79. The molecule has 0 radical (unpaired) electrons. The van der Waals surface area contributed by atoms with Crippen molar-refractivity contribution in [2.75, 3.05) is 5.32 Å². The molecular weight excluding hydrogens is 188 g/mol. The molecule has 0 aliphatic heterocycles. The van der Waals surface area contributed by atoms with Gasteiger partial charge in [0.25, 0.3) is 0 Å². The smallest absolute Gasteiger partial charge is 0.129 e. The molecule has 2 atom stereocenters. The quantitative estimate of drug-likeness (QED) is 0.771. The van der Waals surface area contributed by atoms with Gasteiger partial charge in [-0.3, -0.25) is 0 Å². The Morgan fingerprint density at radius 2 is 2.13 bits per heavy atom. The first-order chi connectivity index (χ1) is 7.11.